The summed E-state index contributed by atoms with van der Waals surface area (Å²) < 4.78 is 11.6. The number of nitrogens with zero attached hydrogens (tertiary/aromatic N) is 1. The van der Waals surface area contributed by atoms with Crippen molar-refractivity contribution in [3.05, 3.63) is 55.1 Å². The van der Waals surface area contributed by atoms with Gasteiger partial charge in [-0.2, -0.15) is 0 Å². The Hall–Kier alpha value is -2.66. The zero-order chi connectivity index (χ0) is 15.5. The third-order valence-electron chi connectivity index (χ3n) is 3.09. The molecule has 0 saturated carbocycles. The Bertz CT molecular complexity index is 821. The maximum Gasteiger partial charge on any atom is 0.335 e. The lowest BCUT2D eigenvalue weighted by atomic mass is 10.2. The molecule has 0 N–H and O–H groups in total. The van der Waals surface area contributed by atoms with Crippen LogP contribution in [0.15, 0.2) is 55.1 Å². The molecule has 0 unspecified atom stereocenters. The molecule has 1 heterocycles. The molecular weight excluding hydrogens is 298 g/mol. The zero-order valence-electron chi connectivity index (χ0n) is 11.9. The molecule has 0 saturated heterocycles. The van der Waals surface area contributed by atoms with Crippen LogP contribution < -0.4 is 9.47 Å². The van der Waals surface area contributed by atoms with Gasteiger partial charge in [0.2, 0.25) is 0 Å². The summed E-state index contributed by atoms with van der Waals surface area (Å²) in [5, 5.41) is 0.788. The van der Waals surface area contributed by atoms with E-state index in [1.807, 2.05) is 36.4 Å². The molecule has 5 heteroatoms. The number of carbonyl (C=O) groups is 1. The fraction of sp³-hybridized carbons (Fsp3) is 0.0588. The molecule has 0 aliphatic carbocycles. The average Bonchev–Trinajstić information content (AvgIpc) is 2.98. The van der Waals surface area contributed by atoms with Gasteiger partial charge in [0.05, 0.1) is 22.9 Å². The van der Waals surface area contributed by atoms with Crippen LogP contribution in [0.1, 0.15) is 0 Å². The Kier molecular flexibility index (Phi) is 3.89. The first-order valence-electron chi connectivity index (χ1n) is 6.59. The molecule has 22 heavy (non-hydrogen) atoms. The van der Waals surface area contributed by atoms with Gasteiger partial charge in [0, 0.05) is 12.1 Å². The van der Waals surface area contributed by atoms with Gasteiger partial charge >= 0.3 is 5.97 Å². The van der Waals surface area contributed by atoms with E-state index in [1.165, 1.54) is 0 Å². The molecule has 0 fully saturated rings. The van der Waals surface area contributed by atoms with Crippen LogP contribution in [-0.4, -0.2) is 18.1 Å². The number of benzene rings is 2. The lowest BCUT2D eigenvalue weighted by Crippen LogP contribution is -2.04. The van der Waals surface area contributed by atoms with Gasteiger partial charge in [-0.05, 0) is 24.3 Å². The maximum atomic E-state index is 11.5. The number of fused-ring (bicyclic) bond motifs is 1. The van der Waals surface area contributed by atoms with Crippen LogP contribution in [0.2, 0.25) is 0 Å². The fourth-order valence-electron chi connectivity index (χ4n) is 2.03. The van der Waals surface area contributed by atoms with Crippen LogP contribution in [0.3, 0.4) is 0 Å². The van der Waals surface area contributed by atoms with Crippen LogP contribution in [-0.2, 0) is 4.79 Å². The summed E-state index contributed by atoms with van der Waals surface area (Å²) in [5.41, 5.74) is 1.66. The minimum absolute atomic E-state index is 0.406. The van der Waals surface area contributed by atoms with E-state index < -0.39 is 5.97 Å². The van der Waals surface area contributed by atoms with E-state index in [0.29, 0.717) is 11.5 Å². The smallest absolute Gasteiger partial charge is 0.335 e. The van der Waals surface area contributed by atoms with E-state index >= 15 is 0 Å². The van der Waals surface area contributed by atoms with Gasteiger partial charge in [-0.3, -0.25) is 0 Å². The van der Waals surface area contributed by atoms with E-state index in [1.54, 1.807) is 24.5 Å². The highest BCUT2D eigenvalue weighted by molar-refractivity contribution is 7.21. The van der Waals surface area contributed by atoms with Crippen molar-refractivity contribution >= 4 is 27.5 Å². The second-order valence-electron chi connectivity index (χ2n) is 4.47. The predicted molar refractivity (Wildman–Crippen MR) is 87.4 cm³/mol. The normalized spacial score (nSPS) is 10.4. The lowest BCUT2D eigenvalue weighted by molar-refractivity contribution is -0.128. The van der Waals surface area contributed by atoms with Gasteiger partial charge in [0.1, 0.15) is 16.5 Å². The first kappa shape index (κ1) is 14.3. The number of carbonyl (C=O) groups excluding carboxylic acids is 1. The molecule has 0 aliphatic rings. The van der Waals surface area contributed by atoms with Crippen LogP contribution in [0.25, 0.3) is 20.8 Å². The highest BCUT2D eigenvalue weighted by atomic mass is 32.1. The SMILES string of the molecule is C=CC(=O)Oc1cc(OC)ccc1-c1nc2ccccc2s1. The number of hydrogen-bond acceptors (Lipinski definition) is 5. The summed E-state index contributed by atoms with van der Waals surface area (Å²) in [4.78, 5) is 16.1. The highest BCUT2D eigenvalue weighted by Gasteiger charge is 2.14. The summed E-state index contributed by atoms with van der Waals surface area (Å²) in [5.74, 6) is 0.496. The van der Waals surface area contributed by atoms with Gasteiger partial charge in [-0.25, -0.2) is 9.78 Å². The first-order chi connectivity index (χ1) is 10.7. The minimum atomic E-state index is -0.518. The van der Waals surface area contributed by atoms with E-state index in [-0.39, 0.29) is 0 Å². The number of rotatable bonds is 4. The predicted octanol–water partition coefficient (Wildman–Crippen LogP) is 4.06. The molecule has 1 aromatic heterocycles. The van der Waals surface area contributed by atoms with E-state index in [2.05, 4.69) is 11.6 Å². The monoisotopic (exact) mass is 311 g/mol. The second-order valence-corrected chi connectivity index (χ2v) is 5.50. The van der Waals surface area contributed by atoms with Crippen LogP contribution >= 0.6 is 11.3 Å². The molecular formula is C17H13NO3S. The van der Waals surface area contributed by atoms with Crippen molar-refractivity contribution in [2.45, 2.75) is 0 Å². The van der Waals surface area contributed by atoms with Gasteiger partial charge in [-0.15, -0.1) is 11.3 Å². The molecule has 2 aromatic carbocycles. The Labute approximate surface area is 131 Å². The summed E-state index contributed by atoms with van der Waals surface area (Å²) in [6, 6.07) is 13.2. The van der Waals surface area contributed by atoms with E-state index in [4.69, 9.17) is 9.47 Å². The molecule has 4 nitrogen and oxygen atoms in total. The molecule has 0 radical (unpaired) electrons. The number of para-hydroxylation sites is 1. The Balaban J connectivity index is 2.11. The molecule has 0 atom stereocenters. The maximum absolute atomic E-state index is 11.5. The van der Waals surface area contributed by atoms with Crippen molar-refractivity contribution in [2.75, 3.05) is 7.11 Å². The third kappa shape index (κ3) is 2.71. The largest absolute Gasteiger partial charge is 0.497 e. The second kappa shape index (κ2) is 5.99. The Morgan fingerprint density at radius 3 is 2.82 bits per heavy atom. The van der Waals surface area contributed by atoms with Gasteiger partial charge in [0.25, 0.3) is 0 Å². The summed E-state index contributed by atoms with van der Waals surface area (Å²) in [6.45, 7) is 3.42. The topological polar surface area (TPSA) is 48.4 Å². The Morgan fingerprint density at radius 2 is 2.09 bits per heavy atom. The number of hydrogen-bond donors (Lipinski definition) is 0. The number of aromatic nitrogens is 1. The van der Waals surface area contributed by atoms with Crippen molar-refractivity contribution in [1.29, 1.82) is 0 Å². The average molecular weight is 311 g/mol. The third-order valence-corrected chi connectivity index (χ3v) is 4.16. The summed E-state index contributed by atoms with van der Waals surface area (Å²) in [6.07, 6.45) is 1.13. The Morgan fingerprint density at radius 1 is 1.27 bits per heavy atom. The molecule has 110 valence electrons. The molecule has 0 amide bonds. The van der Waals surface area contributed by atoms with Crippen molar-refractivity contribution in [3.8, 4) is 22.1 Å². The van der Waals surface area contributed by atoms with Crippen LogP contribution in [0, 0.1) is 0 Å². The van der Waals surface area contributed by atoms with Crippen molar-refractivity contribution < 1.29 is 14.3 Å². The number of methoxy groups -OCH3 is 1. The van der Waals surface area contributed by atoms with Crippen molar-refractivity contribution in [2.24, 2.45) is 0 Å². The van der Waals surface area contributed by atoms with Crippen molar-refractivity contribution in [3.63, 3.8) is 0 Å². The lowest BCUT2D eigenvalue weighted by Gasteiger charge is -2.09. The highest BCUT2D eigenvalue weighted by Crippen LogP contribution is 2.37. The molecule has 3 aromatic rings. The fourth-order valence-corrected chi connectivity index (χ4v) is 3.02. The molecule has 0 bridgehead atoms. The standard InChI is InChI=1S/C17H13NO3S/c1-3-16(19)21-14-10-11(20-2)8-9-12(14)17-18-13-6-4-5-7-15(13)22-17/h3-10H,1H2,2H3. The van der Waals surface area contributed by atoms with Gasteiger partial charge < -0.3 is 9.47 Å². The minimum Gasteiger partial charge on any atom is -0.497 e. The molecule has 0 aliphatic heterocycles. The van der Waals surface area contributed by atoms with E-state index in [0.717, 1.165) is 26.9 Å². The van der Waals surface area contributed by atoms with E-state index in [9.17, 15) is 4.79 Å². The van der Waals surface area contributed by atoms with Crippen molar-refractivity contribution in [1.82, 2.24) is 4.98 Å². The summed E-state index contributed by atoms with van der Waals surface area (Å²) >= 11 is 1.54. The number of ether oxygens (including phenoxy) is 2. The summed E-state index contributed by atoms with van der Waals surface area (Å²) in [7, 11) is 1.56. The zero-order valence-corrected chi connectivity index (χ0v) is 12.7. The number of esters is 1. The number of thiazole rings is 1. The van der Waals surface area contributed by atoms with Crippen LogP contribution in [0.4, 0.5) is 0 Å². The first-order valence-corrected chi connectivity index (χ1v) is 7.41. The quantitative estimate of drug-likeness (QED) is 0.414. The molecule has 0 spiro atoms. The van der Waals surface area contributed by atoms with Gasteiger partial charge in [-0.1, -0.05) is 18.7 Å². The van der Waals surface area contributed by atoms with Crippen LogP contribution in [0.5, 0.6) is 11.5 Å². The molecule has 3 rings (SSSR count). The van der Waals surface area contributed by atoms with Gasteiger partial charge in [0.15, 0.2) is 0 Å².